The Bertz CT molecular complexity index is 351. The maximum Gasteiger partial charge on any atom is 0.268 e. The van der Waals surface area contributed by atoms with E-state index in [1.165, 1.54) is 6.33 Å². The summed E-state index contributed by atoms with van der Waals surface area (Å²) in [5, 5.41) is 0. The zero-order valence-electron chi connectivity index (χ0n) is 8.21. The smallest absolute Gasteiger partial charge is 0.268 e. The third-order valence-corrected chi connectivity index (χ3v) is 2.47. The zero-order chi connectivity index (χ0) is 10.6. The Labute approximate surface area is 90.8 Å². The van der Waals surface area contributed by atoms with Gasteiger partial charge < -0.3 is 9.72 Å². The third kappa shape index (κ3) is 2.83. The Kier molecular flexibility index (Phi) is 4.13. The second-order valence-electron chi connectivity index (χ2n) is 3.07. The summed E-state index contributed by atoms with van der Waals surface area (Å²) in [6, 6.07) is 0. The van der Waals surface area contributed by atoms with Crippen LogP contribution in [0.3, 0.4) is 0 Å². The van der Waals surface area contributed by atoms with E-state index in [2.05, 4.69) is 32.8 Å². The Morgan fingerprint density at radius 2 is 2.43 bits per heavy atom. The van der Waals surface area contributed by atoms with Gasteiger partial charge in [0, 0.05) is 0 Å². The number of nitrogens with one attached hydrogen (secondary N) is 1. The molecule has 1 unspecified atom stereocenters. The van der Waals surface area contributed by atoms with Crippen molar-refractivity contribution in [2.75, 3.05) is 0 Å². The van der Waals surface area contributed by atoms with Gasteiger partial charge >= 0.3 is 0 Å². The van der Waals surface area contributed by atoms with Crippen LogP contribution in [0.2, 0.25) is 0 Å². The average molecular weight is 261 g/mol. The highest BCUT2D eigenvalue weighted by Crippen LogP contribution is 2.18. The maximum absolute atomic E-state index is 11.2. The van der Waals surface area contributed by atoms with Gasteiger partial charge in [-0.25, -0.2) is 4.98 Å². The molecule has 78 valence electrons. The minimum Gasteiger partial charge on any atom is -0.474 e. The van der Waals surface area contributed by atoms with Crippen LogP contribution in [0.15, 0.2) is 15.6 Å². The minimum absolute atomic E-state index is 0.0746. The van der Waals surface area contributed by atoms with Gasteiger partial charge in [-0.3, -0.25) is 4.79 Å². The molecule has 0 radical (unpaired) electrons. The number of hydrogen-bond acceptors (Lipinski definition) is 3. The standard InChI is InChI=1S/C9H13BrN2O2/c1-3-4-6(2)14-9-7(10)8(13)11-5-12-9/h5-6H,3-4H2,1-2H3,(H,11,12,13). The van der Waals surface area contributed by atoms with Crippen LogP contribution in [0.1, 0.15) is 26.7 Å². The highest BCUT2D eigenvalue weighted by Gasteiger charge is 2.09. The highest BCUT2D eigenvalue weighted by molar-refractivity contribution is 9.10. The summed E-state index contributed by atoms with van der Waals surface area (Å²) >= 11 is 3.13. The monoisotopic (exact) mass is 260 g/mol. The summed E-state index contributed by atoms with van der Waals surface area (Å²) < 4.78 is 5.84. The van der Waals surface area contributed by atoms with Gasteiger partial charge in [0.2, 0.25) is 5.88 Å². The van der Waals surface area contributed by atoms with E-state index >= 15 is 0 Å². The number of aromatic nitrogens is 2. The number of H-pyrrole nitrogens is 1. The number of halogens is 1. The summed E-state index contributed by atoms with van der Waals surface area (Å²) in [6.45, 7) is 4.04. The van der Waals surface area contributed by atoms with Crippen molar-refractivity contribution >= 4 is 15.9 Å². The van der Waals surface area contributed by atoms with Crippen molar-refractivity contribution in [3.8, 4) is 5.88 Å². The first-order valence-electron chi connectivity index (χ1n) is 4.55. The molecule has 0 aliphatic rings. The van der Waals surface area contributed by atoms with Crippen molar-refractivity contribution in [3.05, 3.63) is 21.2 Å². The molecule has 0 spiro atoms. The van der Waals surface area contributed by atoms with Crippen molar-refractivity contribution in [2.24, 2.45) is 0 Å². The topological polar surface area (TPSA) is 55.0 Å². The van der Waals surface area contributed by atoms with Crippen LogP contribution in [-0.2, 0) is 0 Å². The quantitative estimate of drug-likeness (QED) is 0.902. The molecule has 0 bridgehead atoms. The molecule has 14 heavy (non-hydrogen) atoms. The first-order chi connectivity index (χ1) is 6.65. The normalized spacial score (nSPS) is 12.5. The predicted octanol–water partition coefficient (Wildman–Crippen LogP) is 2.10. The van der Waals surface area contributed by atoms with Crippen LogP contribution in [0.25, 0.3) is 0 Å². The van der Waals surface area contributed by atoms with Crippen molar-refractivity contribution in [2.45, 2.75) is 32.8 Å². The fourth-order valence-electron chi connectivity index (χ4n) is 1.10. The number of rotatable bonds is 4. The van der Waals surface area contributed by atoms with Crippen LogP contribution >= 0.6 is 15.9 Å². The van der Waals surface area contributed by atoms with Crippen molar-refractivity contribution in [1.29, 1.82) is 0 Å². The Hall–Kier alpha value is -0.840. The van der Waals surface area contributed by atoms with E-state index < -0.39 is 0 Å². The molecule has 0 saturated heterocycles. The van der Waals surface area contributed by atoms with Crippen molar-refractivity contribution in [3.63, 3.8) is 0 Å². The van der Waals surface area contributed by atoms with E-state index in [9.17, 15) is 4.79 Å². The number of nitrogens with zero attached hydrogens (tertiary/aromatic N) is 1. The number of ether oxygens (including phenoxy) is 1. The molecule has 5 heteroatoms. The van der Waals surface area contributed by atoms with Crippen molar-refractivity contribution in [1.82, 2.24) is 9.97 Å². The molecular formula is C9H13BrN2O2. The van der Waals surface area contributed by atoms with E-state index in [0.29, 0.717) is 10.4 Å². The van der Waals surface area contributed by atoms with Gasteiger partial charge in [-0.1, -0.05) is 13.3 Å². The molecule has 0 aliphatic carbocycles. The molecule has 0 aromatic carbocycles. The second-order valence-corrected chi connectivity index (χ2v) is 3.86. The van der Waals surface area contributed by atoms with Crippen LogP contribution in [0, 0.1) is 0 Å². The SMILES string of the molecule is CCCC(C)Oc1nc[nH]c(=O)c1Br. The first-order valence-corrected chi connectivity index (χ1v) is 5.34. The fraction of sp³-hybridized carbons (Fsp3) is 0.556. The average Bonchev–Trinajstić information content (AvgIpc) is 2.13. The van der Waals surface area contributed by atoms with Gasteiger partial charge in [0.25, 0.3) is 5.56 Å². The van der Waals surface area contributed by atoms with E-state index in [-0.39, 0.29) is 11.7 Å². The zero-order valence-corrected chi connectivity index (χ0v) is 9.80. The number of hydrogen-bond donors (Lipinski definition) is 1. The molecule has 0 aliphatic heterocycles. The molecule has 1 rings (SSSR count). The molecule has 1 atom stereocenters. The number of aromatic amines is 1. The molecule has 1 aromatic heterocycles. The molecule has 1 aromatic rings. The lowest BCUT2D eigenvalue weighted by Gasteiger charge is -2.12. The first kappa shape index (κ1) is 11.2. The van der Waals surface area contributed by atoms with Gasteiger partial charge in [-0.2, -0.15) is 0 Å². The van der Waals surface area contributed by atoms with Gasteiger partial charge in [0.05, 0.1) is 12.4 Å². The summed E-state index contributed by atoms with van der Waals surface area (Å²) in [5.41, 5.74) is -0.223. The predicted molar refractivity (Wildman–Crippen MR) is 57.6 cm³/mol. The largest absolute Gasteiger partial charge is 0.474 e. The Morgan fingerprint density at radius 1 is 1.71 bits per heavy atom. The molecule has 1 N–H and O–H groups in total. The Balaban J connectivity index is 2.76. The molecule has 0 fully saturated rings. The van der Waals surface area contributed by atoms with Crippen LogP contribution < -0.4 is 10.3 Å². The lowest BCUT2D eigenvalue weighted by atomic mass is 10.2. The van der Waals surface area contributed by atoms with Gasteiger partial charge in [-0.05, 0) is 29.3 Å². The fourth-order valence-corrected chi connectivity index (χ4v) is 1.42. The van der Waals surface area contributed by atoms with E-state index in [1.807, 2.05) is 6.92 Å². The maximum atomic E-state index is 11.2. The molecule has 4 nitrogen and oxygen atoms in total. The molecule has 0 saturated carbocycles. The van der Waals surface area contributed by atoms with Gasteiger partial charge in [0.15, 0.2) is 0 Å². The van der Waals surface area contributed by atoms with E-state index in [1.54, 1.807) is 0 Å². The van der Waals surface area contributed by atoms with E-state index in [4.69, 9.17) is 4.74 Å². The summed E-state index contributed by atoms with van der Waals surface area (Å²) in [6.07, 6.45) is 3.40. The van der Waals surface area contributed by atoms with E-state index in [0.717, 1.165) is 12.8 Å². The minimum atomic E-state index is -0.223. The highest BCUT2D eigenvalue weighted by atomic mass is 79.9. The third-order valence-electron chi connectivity index (χ3n) is 1.77. The lowest BCUT2D eigenvalue weighted by molar-refractivity contribution is 0.199. The lowest BCUT2D eigenvalue weighted by Crippen LogP contribution is -2.16. The van der Waals surface area contributed by atoms with Crippen LogP contribution in [0.5, 0.6) is 5.88 Å². The molecule has 0 amide bonds. The van der Waals surface area contributed by atoms with Crippen LogP contribution in [0.4, 0.5) is 0 Å². The van der Waals surface area contributed by atoms with Crippen molar-refractivity contribution < 1.29 is 4.74 Å². The summed E-state index contributed by atoms with van der Waals surface area (Å²) in [7, 11) is 0. The second kappa shape index (κ2) is 5.14. The van der Waals surface area contributed by atoms with Crippen LogP contribution in [-0.4, -0.2) is 16.1 Å². The van der Waals surface area contributed by atoms with Gasteiger partial charge in [-0.15, -0.1) is 0 Å². The summed E-state index contributed by atoms with van der Waals surface area (Å²) in [4.78, 5) is 17.5. The molecule has 1 heterocycles. The Morgan fingerprint density at radius 3 is 3.07 bits per heavy atom. The van der Waals surface area contributed by atoms with Gasteiger partial charge in [0.1, 0.15) is 4.47 Å². The molecular weight excluding hydrogens is 248 g/mol. The summed E-state index contributed by atoms with van der Waals surface area (Å²) in [5.74, 6) is 0.356.